The molecule has 10 heteroatoms. The average molecular weight is 401 g/mol. The molecule has 1 atom stereocenters. The second-order valence-electron chi connectivity index (χ2n) is 6.30. The first-order valence-electron chi connectivity index (χ1n) is 9.32. The van der Waals surface area contributed by atoms with Gasteiger partial charge in [-0.05, 0) is 38.8 Å². The fourth-order valence-electron chi connectivity index (χ4n) is 2.79. The lowest BCUT2D eigenvalue weighted by molar-refractivity contribution is 0.580. The number of nitrogens with one attached hydrogen (secondary N) is 3. The fourth-order valence-corrected chi connectivity index (χ4v) is 3.45. The van der Waals surface area contributed by atoms with E-state index in [9.17, 15) is 12.8 Å². The van der Waals surface area contributed by atoms with E-state index in [0.29, 0.717) is 37.8 Å². The smallest absolute Gasteiger partial charge is 0.211 e. The first-order chi connectivity index (χ1) is 12.9. The number of aliphatic imine (C=N–C) groups is 1. The second kappa shape index (κ2) is 10.4. The van der Waals surface area contributed by atoms with Crippen molar-refractivity contribution < 1.29 is 12.8 Å². The van der Waals surface area contributed by atoms with Crippen molar-refractivity contribution in [1.82, 2.24) is 20.3 Å². The van der Waals surface area contributed by atoms with E-state index in [1.165, 1.54) is 6.07 Å². The summed E-state index contributed by atoms with van der Waals surface area (Å²) in [7, 11) is -3.16. The summed E-state index contributed by atoms with van der Waals surface area (Å²) in [6.45, 7) is 6.56. The van der Waals surface area contributed by atoms with E-state index in [1.807, 2.05) is 11.8 Å². The van der Waals surface area contributed by atoms with E-state index in [-0.39, 0.29) is 17.6 Å². The molecule has 1 aliphatic rings. The van der Waals surface area contributed by atoms with Crippen LogP contribution in [0.15, 0.2) is 23.3 Å². The van der Waals surface area contributed by atoms with Gasteiger partial charge >= 0.3 is 0 Å². The number of anilines is 1. The zero-order valence-electron chi connectivity index (χ0n) is 15.9. The van der Waals surface area contributed by atoms with Gasteiger partial charge in [-0.1, -0.05) is 0 Å². The zero-order chi connectivity index (χ0) is 19.7. The molecule has 1 aliphatic heterocycles. The summed E-state index contributed by atoms with van der Waals surface area (Å²) in [5, 5.41) is 6.55. The predicted molar refractivity (Wildman–Crippen MR) is 106 cm³/mol. The van der Waals surface area contributed by atoms with Gasteiger partial charge in [0.25, 0.3) is 0 Å². The minimum Gasteiger partial charge on any atom is -0.357 e. The Bertz CT molecular complexity index is 728. The third-order valence-electron chi connectivity index (χ3n) is 4.22. The highest BCUT2D eigenvalue weighted by Crippen LogP contribution is 2.20. The molecule has 0 radical (unpaired) electrons. The minimum absolute atomic E-state index is 0.0789. The number of guanidine groups is 1. The molecule has 152 valence electrons. The van der Waals surface area contributed by atoms with Crippen LogP contribution in [0.3, 0.4) is 0 Å². The van der Waals surface area contributed by atoms with Gasteiger partial charge in [0.2, 0.25) is 10.0 Å². The monoisotopic (exact) mass is 400 g/mol. The molecule has 8 nitrogen and oxygen atoms in total. The van der Waals surface area contributed by atoms with Gasteiger partial charge in [0.15, 0.2) is 17.6 Å². The Hall–Kier alpha value is -1.94. The second-order valence-corrected chi connectivity index (χ2v) is 8.39. The van der Waals surface area contributed by atoms with Crippen LogP contribution in [0.25, 0.3) is 0 Å². The lowest BCUT2D eigenvalue weighted by atomic mass is 10.3. The van der Waals surface area contributed by atoms with Crippen LogP contribution in [-0.4, -0.2) is 63.9 Å². The maximum Gasteiger partial charge on any atom is 0.211 e. The van der Waals surface area contributed by atoms with Gasteiger partial charge < -0.3 is 15.5 Å². The van der Waals surface area contributed by atoms with Crippen molar-refractivity contribution in [2.45, 2.75) is 32.7 Å². The molecule has 27 heavy (non-hydrogen) atoms. The number of pyridine rings is 1. The van der Waals surface area contributed by atoms with E-state index in [0.717, 1.165) is 19.5 Å². The highest BCUT2D eigenvalue weighted by molar-refractivity contribution is 7.89. The van der Waals surface area contributed by atoms with E-state index in [1.54, 1.807) is 19.2 Å². The van der Waals surface area contributed by atoms with Crippen molar-refractivity contribution in [3.63, 3.8) is 0 Å². The highest BCUT2D eigenvalue weighted by Gasteiger charge is 2.25. The lowest BCUT2D eigenvalue weighted by Gasteiger charge is -2.20. The summed E-state index contributed by atoms with van der Waals surface area (Å²) in [4.78, 5) is 10.5. The van der Waals surface area contributed by atoms with Crippen molar-refractivity contribution in [1.29, 1.82) is 0 Å². The highest BCUT2D eigenvalue weighted by atomic mass is 32.2. The summed E-state index contributed by atoms with van der Waals surface area (Å²) < 4.78 is 39.2. The number of rotatable bonds is 9. The molecule has 1 aromatic rings. The van der Waals surface area contributed by atoms with Gasteiger partial charge in [0.05, 0.1) is 5.75 Å². The van der Waals surface area contributed by atoms with Crippen molar-refractivity contribution in [3.05, 3.63) is 24.1 Å². The van der Waals surface area contributed by atoms with Crippen LogP contribution in [0.4, 0.5) is 10.2 Å². The van der Waals surface area contributed by atoms with Gasteiger partial charge in [-0.15, -0.1) is 0 Å². The molecule has 2 rings (SSSR count). The molecular formula is C17H29FN6O2S. The molecule has 0 amide bonds. The first kappa shape index (κ1) is 21.4. The van der Waals surface area contributed by atoms with E-state index < -0.39 is 10.0 Å². The number of nitrogens with zero attached hydrogens (tertiary/aromatic N) is 3. The standard InChI is InChI=1S/C17H29FN6O2S/c1-3-19-17(21-10-6-11-22-27(25,26)4-2)23-14-8-12-24(13-14)16-15(18)7-5-9-20-16/h5,7,9,14,22H,3-4,6,8,10-13H2,1-2H3,(H2,19,21,23). The zero-order valence-corrected chi connectivity index (χ0v) is 16.7. The van der Waals surface area contributed by atoms with Gasteiger partial charge in [-0.3, -0.25) is 4.99 Å². The summed E-state index contributed by atoms with van der Waals surface area (Å²) in [5.41, 5.74) is 0. The van der Waals surface area contributed by atoms with Gasteiger partial charge in [-0.2, -0.15) is 0 Å². The van der Waals surface area contributed by atoms with Crippen LogP contribution in [-0.2, 0) is 10.0 Å². The van der Waals surface area contributed by atoms with E-state index in [4.69, 9.17) is 0 Å². The SMILES string of the molecule is CCNC(=NCCCNS(=O)(=O)CC)NC1CCN(c2ncccc2F)C1. The molecule has 0 bridgehead atoms. The quantitative estimate of drug-likeness (QED) is 0.320. The Kier molecular flexibility index (Phi) is 8.23. The average Bonchev–Trinajstić information content (AvgIpc) is 3.10. The van der Waals surface area contributed by atoms with Crippen molar-refractivity contribution in [2.24, 2.45) is 4.99 Å². The maximum atomic E-state index is 13.9. The molecule has 0 aliphatic carbocycles. The molecule has 0 spiro atoms. The molecule has 1 unspecified atom stereocenters. The number of hydrogen-bond donors (Lipinski definition) is 3. The summed E-state index contributed by atoms with van der Waals surface area (Å²) in [6.07, 6.45) is 3.07. The lowest BCUT2D eigenvalue weighted by Crippen LogP contribution is -2.44. The number of halogens is 1. The fraction of sp³-hybridized carbons (Fsp3) is 0.647. The maximum absolute atomic E-state index is 13.9. The number of aromatic nitrogens is 1. The Morgan fingerprint density at radius 1 is 1.44 bits per heavy atom. The summed E-state index contributed by atoms with van der Waals surface area (Å²) in [5.74, 6) is 0.833. The number of sulfonamides is 1. The Labute approximate surface area is 160 Å². The van der Waals surface area contributed by atoms with Gasteiger partial charge in [-0.25, -0.2) is 22.5 Å². The van der Waals surface area contributed by atoms with Crippen molar-refractivity contribution >= 4 is 21.8 Å². The summed E-state index contributed by atoms with van der Waals surface area (Å²) in [6, 6.07) is 3.14. The third kappa shape index (κ3) is 6.94. The Morgan fingerprint density at radius 2 is 2.26 bits per heavy atom. The van der Waals surface area contributed by atoms with Crippen LogP contribution in [0.1, 0.15) is 26.7 Å². The van der Waals surface area contributed by atoms with Crippen molar-refractivity contribution in [2.75, 3.05) is 43.4 Å². The van der Waals surface area contributed by atoms with Crippen molar-refractivity contribution in [3.8, 4) is 0 Å². The topological polar surface area (TPSA) is 98.7 Å². The molecule has 0 aromatic carbocycles. The van der Waals surface area contributed by atoms with Gasteiger partial charge in [0.1, 0.15) is 0 Å². The van der Waals surface area contributed by atoms with Gasteiger partial charge in [0, 0.05) is 45.0 Å². The third-order valence-corrected chi connectivity index (χ3v) is 5.62. The van der Waals surface area contributed by atoms with E-state index >= 15 is 0 Å². The minimum atomic E-state index is -3.16. The van der Waals surface area contributed by atoms with Crippen LogP contribution >= 0.6 is 0 Å². The normalized spacial score (nSPS) is 18.0. The summed E-state index contributed by atoms with van der Waals surface area (Å²) >= 11 is 0. The van der Waals surface area contributed by atoms with Crippen LogP contribution in [0, 0.1) is 5.82 Å². The molecule has 1 aromatic heterocycles. The van der Waals surface area contributed by atoms with Crippen LogP contribution in [0.2, 0.25) is 0 Å². The van der Waals surface area contributed by atoms with Crippen LogP contribution in [0.5, 0.6) is 0 Å². The largest absolute Gasteiger partial charge is 0.357 e. The van der Waals surface area contributed by atoms with E-state index in [2.05, 4.69) is 25.3 Å². The molecule has 1 saturated heterocycles. The molecular weight excluding hydrogens is 371 g/mol. The number of hydrogen-bond acceptors (Lipinski definition) is 5. The molecule has 1 fully saturated rings. The molecule has 0 saturated carbocycles. The molecule has 3 N–H and O–H groups in total. The molecule has 2 heterocycles. The first-order valence-corrected chi connectivity index (χ1v) is 11.0. The predicted octanol–water partition coefficient (Wildman–Crippen LogP) is 0.684. The Balaban J connectivity index is 1.82. The Morgan fingerprint density at radius 3 is 2.96 bits per heavy atom. The van der Waals surface area contributed by atoms with Crippen LogP contribution < -0.4 is 20.3 Å².